The van der Waals surface area contributed by atoms with Crippen LogP contribution in [-0.4, -0.2) is 12.1 Å². The second-order valence-corrected chi connectivity index (χ2v) is 3.15. The van der Waals surface area contributed by atoms with Crippen LogP contribution >= 0.6 is 11.6 Å². The smallest absolute Gasteiger partial charge is 0.144 e. The van der Waals surface area contributed by atoms with Gasteiger partial charge in [0.1, 0.15) is 12.1 Å². The molecule has 0 unspecified atom stereocenters. The highest BCUT2D eigenvalue weighted by atomic mass is 35.5. The minimum atomic E-state index is -0.0719. The lowest BCUT2D eigenvalue weighted by Crippen LogP contribution is -2.02. The number of carbonyl (C=O) groups excluding carboxylic acids is 2. The van der Waals surface area contributed by atoms with E-state index in [0.717, 1.165) is 5.56 Å². The maximum atomic E-state index is 11.0. The molecule has 1 aromatic carbocycles. The van der Waals surface area contributed by atoms with Gasteiger partial charge in [0.25, 0.3) is 0 Å². The van der Waals surface area contributed by atoms with Crippen LogP contribution in [0.1, 0.15) is 12.0 Å². The number of carbonyl (C=O) groups is 2. The van der Waals surface area contributed by atoms with Crippen LogP contribution in [0.5, 0.6) is 0 Å². The lowest BCUT2D eigenvalue weighted by molar-refractivity contribution is -0.121. The van der Waals surface area contributed by atoms with Crippen LogP contribution in [0.3, 0.4) is 0 Å². The van der Waals surface area contributed by atoms with Crippen LogP contribution in [0.2, 0.25) is 5.02 Å². The molecule has 0 fully saturated rings. The first kappa shape index (κ1) is 9.93. The molecule has 0 aliphatic heterocycles. The summed E-state index contributed by atoms with van der Waals surface area (Å²) in [6, 6.07) is 7.02. The second kappa shape index (κ2) is 4.77. The Kier molecular flexibility index (Phi) is 3.65. The molecule has 0 N–H and O–H groups in total. The molecule has 0 aliphatic rings. The number of aldehydes is 1. The lowest BCUT2D eigenvalue weighted by atomic mass is 10.1. The second-order valence-electron chi connectivity index (χ2n) is 2.71. The van der Waals surface area contributed by atoms with Gasteiger partial charge >= 0.3 is 0 Å². The minimum absolute atomic E-state index is 0.0113. The summed E-state index contributed by atoms with van der Waals surface area (Å²) in [6.45, 7) is 0. The fraction of sp³-hybridized carbons (Fsp3) is 0.200. The number of hydrogen-bond acceptors (Lipinski definition) is 2. The van der Waals surface area contributed by atoms with Gasteiger partial charge in [0, 0.05) is 11.4 Å². The lowest BCUT2D eigenvalue weighted by Gasteiger charge is -1.97. The Bertz CT molecular complexity index is 303. The predicted octanol–water partition coefficient (Wildman–Crippen LogP) is 2.04. The number of rotatable bonds is 4. The Balaban J connectivity index is 2.59. The zero-order valence-electron chi connectivity index (χ0n) is 7.00. The number of halogens is 1. The number of ketones is 1. The van der Waals surface area contributed by atoms with E-state index in [1.807, 2.05) is 0 Å². The number of hydrogen-bond donors (Lipinski definition) is 0. The molecular formula is C10H9ClO2. The van der Waals surface area contributed by atoms with Crippen LogP contribution in [-0.2, 0) is 16.0 Å². The van der Waals surface area contributed by atoms with E-state index in [1.165, 1.54) is 0 Å². The Labute approximate surface area is 81.5 Å². The maximum absolute atomic E-state index is 11.0. The van der Waals surface area contributed by atoms with E-state index in [4.69, 9.17) is 11.6 Å². The zero-order chi connectivity index (χ0) is 9.68. The van der Waals surface area contributed by atoms with Gasteiger partial charge in [-0.05, 0) is 17.7 Å². The Morgan fingerprint density at radius 1 is 1.31 bits per heavy atom. The average Bonchev–Trinajstić information content (AvgIpc) is 2.09. The van der Waals surface area contributed by atoms with E-state index in [2.05, 4.69) is 0 Å². The molecule has 0 aromatic heterocycles. The van der Waals surface area contributed by atoms with Gasteiger partial charge in [-0.25, -0.2) is 0 Å². The molecule has 0 saturated heterocycles. The van der Waals surface area contributed by atoms with Crippen molar-refractivity contribution in [3.63, 3.8) is 0 Å². The Morgan fingerprint density at radius 2 is 1.92 bits per heavy atom. The van der Waals surface area contributed by atoms with Gasteiger partial charge in [-0.2, -0.15) is 0 Å². The molecular weight excluding hydrogens is 188 g/mol. The van der Waals surface area contributed by atoms with Gasteiger partial charge in [-0.15, -0.1) is 0 Å². The first-order valence-corrected chi connectivity index (χ1v) is 4.30. The molecule has 0 heterocycles. The summed E-state index contributed by atoms with van der Waals surface area (Å²) in [5, 5.41) is 0.645. The monoisotopic (exact) mass is 196 g/mol. The van der Waals surface area contributed by atoms with E-state index in [1.54, 1.807) is 24.3 Å². The van der Waals surface area contributed by atoms with Crippen LogP contribution < -0.4 is 0 Å². The average molecular weight is 197 g/mol. The van der Waals surface area contributed by atoms with Crippen LogP contribution in [0.4, 0.5) is 0 Å². The largest absolute Gasteiger partial charge is 0.303 e. The van der Waals surface area contributed by atoms with Gasteiger partial charge in [0.15, 0.2) is 0 Å². The van der Waals surface area contributed by atoms with E-state index >= 15 is 0 Å². The molecule has 2 nitrogen and oxygen atoms in total. The van der Waals surface area contributed by atoms with Gasteiger partial charge in [-0.3, -0.25) is 4.79 Å². The summed E-state index contributed by atoms with van der Waals surface area (Å²) in [5.41, 5.74) is 0.885. The van der Waals surface area contributed by atoms with E-state index in [0.29, 0.717) is 17.7 Å². The van der Waals surface area contributed by atoms with Crippen LogP contribution in [0, 0.1) is 0 Å². The molecule has 0 aliphatic carbocycles. The molecule has 0 bridgehead atoms. The summed E-state index contributed by atoms with van der Waals surface area (Å²) in [7, 11) is 0. The Hall–Kier alpha value is -1.15. The molecule has 13 heavy (non-hydrogen) atoms. The van der Waals surface area contributed by atoms with Crippen molar-refractivity contribution in [2.45, 2.75) is 12.8 Å². The van der Waals surface area contributed by atoms with Crippen LogP contribution in [0.15, 0.2) is 24.3 Å². The Morgan fingerprint density at radius 3 is 2.46 bits per heavy atom. The standard InChI is InChI=1S/C10H9ClO2/c11-9-3-1-8(2-4-9)7-10(13)5-6-12/h1-4,6H,5,7H2. The molecule has 0 spiro atoms. The molecule has 0 radical (unpaired) electrons. The van der Waals surface area contributed by atoms with E-state index < -0.39 is 0 Å². The maximum Gasteiger partial charge on any atom is 0.144 e. The van der Waals surface area contributed by atoms with Gasteiger partial charge in [0.2, 0.25) is 0 Å². The van der Waals surface area contributed by atoms with Crippen molar-refractivity contribution in [1.82, 2.24) is 0 Å². The van der Waals surface area contributed by atoms with E-state index in [9.17, 15) is 9.59 Å². The third-order valence-electron chi connectivity index (χ3n) is 1.63. The highest BCUT2D eigenvalue weighted by molar-refractivity contribution is 6.30. The van der Waals surface area contributed by atoms with Gasteiger partial charge < -0.3 is 4.79 Å². The first-order chi connectivity index (χ1) is 6.22. The minimum Gasteiger partial charge on any atom is -0.303 e. The van der Waals surface area contributed by atoms with Crippen molar-refractivity contribution < 1.29 is 9.59 Å². The van der Waals surface area contributed by atoms with Gasteiger partial charge in [0.05, 0.1) is 6.42 Å². The van der Waals surface area contributed by atoms with Crippen molar-refractivity contribution in [3.05, 3.63) is 34.9 Å². The highest BCUT2D eigenvalue weighted by Crippen LogP contribution is 2.10. The normalized spacial score (nSPS) is 9.62. The first-order valence-electron chi connectivity index (χ1n) is 3.92. The summed E-state index contributed by atoms with van der Waals surface area (Å²) in [5.74, 6) is -0.0719. The number of Topliss-reactive ketones (excluding diaryl/α,β-unsaturated/α-hetero) is 1. The summed E-state index contributed by atoms with van der Waals surface area (Å²) < 4.78 is 0. The van der Waals surface area contributed by atoms with E-state index in [-0.39, 0.29) is 12.2 Å². The summed E-state index contributed by atoms with van der Waals surface area (Å²) in [6.07, 6.45) is 0.913. The van der Waals surface area contributed by atoms with Crippen molar-refractivity contribution in [3.8, 4) is 0 Å². The van der Waals surface area contributed by atoms with Gasteiger partial charge in [-0.1, -0.05) is 23.7 Å². The molecule has 0 atom stereocenters. The third kappa shape index (κ3) is 3.38. The highest BCUT2D eigenvalue weighted by Gasteiger charge is 2.01. The molecule has 0 amide bonds. The van der Waals surface area contributed by atoms with Crippen molar-refractivity contribution in [1.29, 1.82) is 0 Å². The van der Waals surface area contributed by atoms with Crippen molar-refractivity contribution in [2.75, 3.05) is 0 Å². The fourth-order valence-electron chi connectivity index (χ4n) is 0.995. The summed E-state index contributed by atoms with van der Waals surface area (Å²) >= 11 is 5.67. The topological polar surface area (TPSA) is 34.1 Å². The zero-order valence-corrected chi connectivity index (χ0v) is 7.75. The third-order valence-corrected chi connectivity index (χ3v) is 1.88. The molecule has 0 saturated carbocycles. The molecule has 1 aromatic rings. The molecule has 3 heteroatoms. The van der Waals surface area contributed by atoms with Crippen molar-refractivity contribution >= 4 is 23.7 Å². The predicted molar refractivity (Wildman–Crippen MR) is 50.8 cm³/mol. The molecule has 1 rings (SSSR count). The fourth-order valence-corrected chi connectivity index (χ4v) is 1.12. The number of benzene rings is 1. The SMILES string of the molecule is O=CCC(=O)Cc1ccc(Cl)cc1. The van der Waals surface area contributed by atoms with Crippen molar-refractivity contribution in [2.24, 2.45) is 0 Å². The quantitative estimate of drug-likeness (QED) is 0.546. The summed E-state index contributed by atoms with van der Waals surface area (Å²) in [4.78, 5) is 21.1. The molecule has 68 valence electrons. The van der Waals surface area contributed by atoms with Crippen LogP contribution in [0.25, 0.3) is 0 Å².